The van der Waals surface area contributed by atoms with Crippen LogP contribution in [0.25, 0.3) is 0 Å². The van der Waals surface area contributed by atoms with E-state index < -0.39 is 26.0 Å². The Morgan fingerprint density at radius 3 is 2.11 bits per heavy atom. The van der Waals surface area contributed by atoms with Crippen molar-refractivity contribution in [1.82, 2.24) is 0 Å². The molecule has 1 fully saturated rings. The monoisotopic (exact) mass is 442 g/mol. The van der Waals surface area contributed by atoms with E-state index in [1.54, 1.807) is 20.8 Å². The molecule has 0 atom stereocenters. The zero-order chi connectivity index (χ0) is 16.0. The number of carboxylic acid groups (broad SMARTS) is 1. The number of aliphatic carboxylic acids is 1. The third kappa shape index (κ3) is 5.21. The van der Waals surface area contributed by atoms with Crippen LogP contribution in [0, 0.1) is 5.41 Å². The molecule has 4 nitrogen and oxygen atoms in total. The van der Waals surface area contributed by atoms with Crippen LogP contribution in [0.2, 0.25) is 0 Å². The molecule has 0 aromatic carbocycles. The summed E-state index contributed by atoms with van der Waals surface area (Å²) in [6, 6.07) is 0. The quantitative estimate of drug-likeness (QED) is 0.683. The normalized spacial score (nSPS) is 19.7. The number of rotatable bonds is 3. The van der Waals surface area contributed by atoms with Crippen LogP contribution < -0.4 is 0 Å². The first kappa shape index (κ1) is 17.8. The summed E-state index contributed by atoms with van der Waals surface area (Å²) < 4.78 is 29.7. The Labute approximate surface area is 137 Å². The molecule has 0 spiro atoms. The van der Waals surface area contributed by atoms with Crippen LogP contribution in [0.15, 0.2) is 0 Å². The molecular weight excluding hydrogens is 418 g/mol. The predicted molar refractivity (Wildman–Crippen MR) is 82.1 cm³/mol. The van der Waals surface area contributed by atoms with Crippen molar-refractivity contribution in [1.29, 1.82) is 0.879 Å². The molecule has 1 saturated carbocycles. The molecule has 0 aromatic rings. The molecular formula is C12H23IO4SV. The molecule has 0 aromatic heterocycles. The average molecular weight is 442 g/mol. The Balaban J connectivity index is 0.00000110. The van der Waals surface area contributed by atoms with Gasteiger partial charge in [-0.1, -0.05) is 19.3 Å². The van der Waals surface area contributed by atoms with Gasteiger partial charge in [-0.05, 0) is 33.6 Å². The van der Waals surface area contributed by atoms with Crippen LogP contribution in [0.4, 0.5) is 0 Å². The van der Waals surface area contributed by atoms with Crippen LogP contribution in [0.5, 0.6) is 0 Å². The maximum atomic E-state index is 12.2. The molecule has 19 heavy (non-hydrogen) atoms. The van der Waals surface area contributed by atoms with Crippen molar-refractivity contribution in [2.45, 2.75) is 57.6 Å². The summed E-state index contributed by atoms with van der Waals surface area (Å²) in [6.07, 6.45) is 3.60. The minimum atomic E-state index is -3.38. The van der Waals surface area contributed by atoms with E-state index in [4.69, 9.17) is 0.879 Å². The van der Waals surface area contributed by atoms with Gasteiger partial charge in [0.25, 0.3) is 0 Å². The Hall–Kier alpha value is 0.734. The fraction of sp³-hybridized carbons (Fsp3) is 0.917. The van der Waals surface area contributed by atoms with E-state index in [0.29, 0.717) is 12.8 Å². The van der Waals surface area contributed by atoms with Gasteiger partial charge in [0.1, 0.15) is 0 Å². The molecule has 113 valence electrons. The molecule has 7 heteroatoms. The van der Waals surface area contributed by atoms with Gasteiger partial charge in [-0.3, -0.25) is 4.79 Å². The van der Waals surface area contributed by atoms with Crippen molar-refractivity contribution in [2.24, 2.45) is 5.41 Å². The molecule has 0 bridgehead atoms. The van der Waals surface area contributed by atoms with Crippen molar-refractivity contribution >= 4 is 35.8 Å². The van der Waals surface area contributed by atoms with Crippen molar-refractivity contribution in [3.05, 3.63) is 0 Å². The molecule has 0 amide bonds. The van der Waals surface area contributed by atoms with Gasteiger partial charge >= 0.3 is 40.7 Å². The van der Waals surface area contributed by atoms with Crippen LogP contribution in [0.3, 0.4) is 0 Å². The van der Waals surface area contributed by atoms with E-state index in [-0.39, 0.29) is 19.6 Å². The van der Waals surface area contributed by atoms with Gasteiger partial charge in [0.15, 0.2) is 9.84 Å². The topological polar surface area (TPSA) is 71.4 Å². The van der Waals surface area contributed by atoms with Crippen molar-refractivity contribution < 1.29 is 32.2 Å². The number of hydrogen-bond acceptors (Lipinski definition) is 3. The van der Waals surface area contributed by atoms with Crippen LogP contribution in [-0.4, -0.2) is 30.9 Å². The second-order valence-corrected chi connectivity index (χ2v) is 8.76. The Kier molecular flexibility index (Phi) is 7.17. The van der Waals surface area contributed by atoms with Gasteiger partial charge in [0.2, 0.25) is 0 Å². The number of halogens is 1. The van der Waals surface area contributed by atoms with E-state index in [9.17, 15) is 18.3 Å². The first-order valence-corrected chi connectivity index (χ1v) is 12.4. The zero-order valence-electron chi connectivity index (χ0n) is 12.6. The molecule has 1 aliphatic rings. The van der Waals surface area contributed by atoms with E-state index in [0.717, 1.165) is 19.3 Å². The van der Waals surface area contributed by atoms with Crippen molar-refractivity contribution in [2.75, 3.05) is 5.75 Å². The SMILES string of the molecule is CC(C)(C)S(=O)(=O)CC1(C(=O)O)CCCCC1.[2H][V][I]. The van der Waals surface area contributed by atoms with Crippen molar-refractivity contribution in [3.63, 3.8) is 0 Å². The molecule has 1 N–H and O–H groups in total. The fourth-order valence-corrected chi connectivity index (χ4v) is 3.80. The first-order valence-electron chi connectivity index (χ1n) is 6.68. The van der Waals surface area contributed by atoms with Crippen molar-refractivity contribution in [3.8, 4) is 0 Å². The fourth-order valence-electron chi connectivity index (χ4n) is 2.23. The van der Waals surface area contributed by atoms with Gasteiger partial charge in [-0.2, -0.15) is 0 Å². The molecule has 0 unspecified atom stereocenters. The second-order valence-electron chi connectivity index (χ2n) is 6.02. The van der Waals surface area contributed by atoms with Gasteiger partial charge in [0, 0.05) is 0 Å². The summed E-state index contributed by atoms with van der Waals surface area (Å²) in [5.41, 5.74) is -1.05. The molecule has 0 radical (unpaired) electrons. The Morgan fingerprint density at radius 1 is 1.37 bits per heavy atom. The molecule has 0 aliphatic heterocycles. The summed E-state index contributed by atoms with van der Waals surface area (Å²) in [5, 5.41) is 9.35. The summed E-state index contributed by atoms with van der Waals surface area (Å²) in [7, 11) is -3.38. The maximum absolute atomic E-state index is 12.2. The average Bonchev–Trinajstić information content (AvgIpc) is 2.28. The van der Waals surface area contributed by atoms with Gasteiger partial charge in [0.05, 0.1) is 15.9 Å². The Bertz CT molecular complexity index is 414. The molecule has 0 heterocycles. The van der Waals surface area contributed by atoms with Gasteiger partial charge in [-0.25, -0.2) is 8.42 Å². The van der Waals surface area contributed by atoms with E-state index in [1.807, 2.05) is 20.0 Å². The molecule has 0 saturated heterocycles. The number of carboxylic acids is 1. The number of sulfone groups is 1. The summed E-state index contributed by atoms with van der Waals surface area (Å²) >= 11 is 1.96. The van der Waals surface area contributed by atoms with Crippen LogP contribution in [0.1, 0.15) is 52.9 Å². The Morgan fingerprint density at radius 2 is 1.79 bits per heavy atom. The first-order chi connectivity index (χ1) is 9.02. The standard InChI is InChI=1S/C12H22O4S.HI.V.H/c1-11(2,3)17(15,16)9-12(10(13)14)7-5-4-6-8-12;;;/h4-9H2,1-3H3,(H,13,14);1H;;/q;;+1;/p-1/i;;;1+1. The minimum absolute atomic E-state index is 0.0925. The van der Waals surface area contributed by atoms with E-state index in [1.165, 1.54) is 0 Å². The summed E-state index contributed by atoms with van der Waals surface area (Å²) in [5.74, 6) is -1.18. The zero-order valence-corrected chi connectivity index (χ0v) is 16.0. The number of hydrogen-bond donors (Lipinski definition) is 1. The third-order valence-corrected chi connectivity index (χ3v) is 6.46. The third-order valence-electron chi connectivity index (χ3n) is 3.66. The van der Waals surface area contributed by atoms with Crippen LogP contribution in [-0.2, 0) is 28.5 Å². The predicted octanol–water partition coefficient (Wildman–Crippen LogP) is 2.85. The van der Waals surface area contributed by atoms with Gasteiger partial charge < -0.3 is 5.11 Å². The number of carbonyl (C=O) groups is 1. The summed E-state index contributed by atoms with van der Waals surface area (Å²) in [6.45, 7) is 4.88. The molecule has 1 rings (SSSR count). The second kappa shape index (κ2) is 7.66. The van der Waals surface area contributed by atoms with Gasteiger partial charge in [-0.15, -0.1) is 0 Å². The molecule has 1 aliphatic carbocycles. The van der Waals surface area contributed by atoms with E-state index >= 15 is 0 Å². The van der Waals surface area contributed by atoms with E-state index in [2.05, 4.69) is 0 Å². The summed E-state index contributed by atoms with van der Waals surface area (Å²) in [4.78, 5) is 11.4. The van der Waals surface area contributed by atoms with Crippen LogP contribution >= 0.6 is 20.0 Å².